The van der Waals surface area contributed by atoms with Crippen LogP contribution >= 0.6 is 0 Å². The second-order valence-corrected chi connectivity index (χ2v) is 6.65. The van der Waals surface area contributed by atoms with Crippen molar-refractivity contribution < 1.29 is 13.9 Å². The van der Waals surface area contributed by atoms with Crippen molar-refractivity contribution in [2.75, 3.05) is 46.5 Å². The molecule has 1 saturated heterocycles. The molecule has 0 aliphatic carbocycles. The van der Waals surface area contributed by atoms with E-state index in [0.29, 0.717) is 19.2 Å². The van der Waals surface area contributed by atoms with Crippen LogP contribution in [0.1, 0.15) is 32.3 Å². The Morgan fingerprint density at radius 1 is 1.30 bits per heavy atom. The minimum absolute atomic E-state index is 0.287. The first-order valence-corrected chi connectivity index (χ1v) is 9.83. The minimum Gasteiger partial charge on any atom is -0.491 e. The summed E-state index contributed by atoms with van der Waals surface area (Å²) in [6.07, 6.45) is 2.15. The number of hydrogen-bond acceptors (Lipinski definition) is 4. The van der Waals surface area contributed by atoms with Crippen LogP contribution < -0.4 is 15.4 Å². The Morgan fingerprint density at radius 3 is 2.70 bits per heavy atom. The second kappa shape index (κ2) is 11.8. The fourth-order valence-electron chi connectivity index (χ4n) is 3.12. The third kappa shape index (κ3) is 7.34. The molecule has 1 aliphatic rings. The molecule has 1 fully saturated rings. The number of likely N-dealkylation sites (tertiary alicyclic amines) is 1. The van der Waals surface area contributed by atoms with Crippen molar-refractivity contribution in [1.29, 1.82) is 0 Å². The number of piperidine rings is 1. The standard InChI is InChI=1S/C20H33FN4O2/c1-4-22-20(24-17-8-10-25(11-9-17)12-13-26-3)23-15-16-6-7-19(27-5-2)18(21)14-16/h6-7,14,17H,4-5,8-13,15H2,1-3H3,(H2,22,23,24). The zero-order valence-corrected chi connectivity index (χ0v) is 16.8. The van der Waals surface area contributed by atoms with Gasteiger partial charge in [-0.15, -0.1) is 0 Å². The third-order valence-electron chi connectivity index (χ3n) is 4.60. The van der Waals surface area contributed by atoms with Gasteiger partial charge in [-0.05, 0) is 44.4 Å². The molecular weight excluding hydrogens is 347 g/mol. The molecule has 0 amide bonds. The van der Waals surface area contributed by atoms with Gasteiger partial charge in [-0.1, -0.05) is 6.07 Å². The van der Waals surface area contributed by atoms with E-state index in [1.165, 1.54) is 6.07 Å². The summed E-state index contributed by atoms with van der Waals surface area (Å²) in [5.41, 5.74) is 0.822. The molecular formula is C20H33FN4O2. The lowest BCUT2D eigenvalue weighted by Crippen LogP contribution is -2.49. The molecule has 1 aromatic carbocycles. The van der Waals surface area contributed by atoms with Gasteiger partial charge in [0.2, 0.25) is 0 Å². The van der Waals surface area contributed by atoms with Gasteiger partial charge in [0.1, 0.15) is 0 Å². The molecule has 1 aliphatic heterocycles. The maximum absolute atomic E-state index is 14.0. The molecule has 0 spiro atoms. The van der Waals surface area contributed by atoms with Gasteiger partial charge in [-0.25, -0.2) is 9.38 Å². The van der Waals surface area contributed by atoms with E-state index in [1.807, 2.05) is 19.9 Å². The molecule has 1 heterocycles. The molecule has 0 unspecified atom stereocenters. The molecule has 2 N–H and O–H groups in total. The number of rotatable bonds is 9. The molecule has 0 radical (unpaired) electrons. The van der Waals surface area contributed by atoms with Crippen LogP contribution in [0.4, 0.5) is 4.39 Å². The van der Waals surface area contributed by atoms with Crippen molar-refractivity contribution in [2.24, 2.45) is 4.99 Å². The average molecular weight is 381 g/mol. The van der Waals surface area contributed by atoms with Gasteiger partial charge >= 0.3 is 0 Å². The van der Waals surface area contributed by atoms with Crippen molar-refractivity contribution in [3.05, 3.63) is 29.6 Å². The molecule has 0 bridgehead atoms. The van der Waals surface area contributed by atoms with E-state index in [9.17, 15) is 4.39 Å². The number of benzene rings is 1. The van der Waals surface area contributed by atoms with Crippen molar-refractivity contribution >= 4 is 5.96 Å². The number of guanidine groups is 1. The number of aliphatic imine (C=N–C) groups is 1. The highest BCUT2D eigenvalue weighted by atomic mass is 19.1. The average Bonchev–Trinajstić information content (AvgIpc) is 2.68. The number of methoxy groups -OCH3 is 1. The van der Waals surface area contributed by atoms with Gasteiger partial charge in [0.15, 0.2) is 17.5 Å². The van der Waals surface area contributed by atoms with E-state index in [0.717, 1.165) is 57.2 Å². The van der Waals surface area contributed by atoms with E-state index in [4.69, 9.17) is 9.47 Å². The van der Waals surface area contributed by atoms with Crippen LogP contribution in [0.3, 0.4) is 0 Å². The SMILES string of the molecule is CCNC(=NCc1ccc(OCC)c(F)c1)NC1CCN(CCOC)CC1. The highest BCUT2D eigenvalue weighted by Crippen LogP contribution is 2.18. The van der Waals surface area contributed by atoms with Crippen LogP contribution in [0, 0.1) is 5.82 Å². The fourth-order valence-corrected chi connectivity index (χ4v) is 3.12. The fraction of sp³-hybridized carbons (Fsp3) is 0.650. The molecule has 2 rings (SSSR count). The molecule has 1 aromatic rings. The number of ether oxygens (including phenoxy) is 2. The van der Waals surface area contributed by atoms with Crippen molar-refractivity contribution in [3.8, 4) is 5.75 Å². The third-order valence-corrected chi connectivity index (χ3v) is 4.60. The molecule has 0 aromatic heterocycles. The summed E-state index contributed by atoms with van der Waals surface area (Å²) >= 11 is 0. The van der Waals surface area contributed by atoms with Gasteiger partial charge in [0.05, 0.1) is 19.8 Å². The van der Waals surface area contributed by atoms with Crippen molar-refractivity contribution in [1.82, 2.24) is 15.5 Å². The normalized spacial score (nSPS) is 16.4. The van der Waals surface area contributed by atoms with Crippen LogP contribution in [-0.4, -0.2) is 63.4 Å². The lowest BCUT2D eigenvalue weighted by molar-refractivity contribution is 0.128. The van der Waals surface area contributed by atoms with Gasteiger partial charge in [0, 0.05) is 39.3 Å². The van der Waals surface area contributed by atoms with E-state index in [1.54, 1.807) is 13.2 Å². The topological polar surface area (TPSA) is 58.1 Å². The monoisotopic (exact) mass is 380 g/mol. The smallest absolute Gasteiger partial charge is 0.191 e. The second-order valence-electron chi connectivity index (χ2n) is 6.65. The number of halogens is 1. The van der Waals surface area contributed by atoms with Crippen molar-refractivity contribution in [2.45, 2.75) is 39.3 Å². The predicted octanol–water partition coefficient (Wildman–Crippen LogP) is 2.39. The van der Waals surface area contributed by atoms with E-state index in [2.05, 4.69) is 20.5 Å². The Balaban J connectivity index is 1.88. The Labute approximate surface area is 162 Å². The van der Waals surface area contributed by atoms with Gasteiger partial charge in [-0.2, -0.15) is 0 Å². The summed E-state index contributed by atoms with van der Waals surface area (Å²) in [5, 5.41) is 6.79. The maximum atomic E-state index is 14.0. The molecule has 6 nitrogen and oxygen atoms in total. The van der Waals surface area contributed by atoms with Gasteiger partial charge in [0.25, 0.3) is 0 Å². The Morgan fingerprint density at radius 2 is 2.07 bits per heavy atom. The van der Waals surface area contributed by atoms with Crippen molar-refractivity contribution in [3.63, 3.8) is 0 Å². The van der Waals surface area contributed by atoms with E-state index < -0.39 is 0 Å². The summed E-state index contributed by atoms with van der Waals surface area (Å²) in [5.74, 6) is 0.726. The van der Waals surface area contributed by atoms with Crippen LogP contribution in [-0.2, 0) is 11.3 Å². The number of hydrogen-bond donors (Lipinski definition) is 2. The Hall–Kier alpha value is -1.86. The lowest BCUT2D eigenvalue weighted by Gasteiger charge is -2.32. The molecule has 7 heteroatoms. The number of nitrogens with zero attached hydrogens (tertiary/aromatic N) is 2. The summed E-state index contributed by atoms with van der Waals surface area (Å²) in [4.78, 5) is 7.04. The van der Waals surface area contributed by atoms with Crippen LogP contribution in [0.2, 0.25) is 0 Å². The Kier molecular flexibility index (Phi) is 9.35. The lowest BCUT2D eigenvalue weighted by atomic mass is 10.1. The van der Waals surface area contributed by atoms with Crippen LogP contribution in [0.5, 0.6) is 5.75 Å². The summed E-state index contributed by atoms with van der Waals surface area (Å²) in [6, 6.07) is 5.42. The highest BCUT2D eigenvalue weighted by Gasteiger charge is 2.19. The first-order valence-electron chi connectivity index (χ1n) is 9.83. The summed E-state index contributed by atoms with van der Waals surface area (Å²) in [6.45, 7) is 9.43. The quantitative estimate of drug-likeness (QED) is 0.509. The van der Waals surface area contributed by atoms with E-state index in [-0.39, 0.29) is 11.6 Å². The largest absolute Gasteiger partial charge is 0.491 e. The Bertz CT molecular complexity index is 589. The molecule has 0 saturated carbocycles. The van der Waals surface area contributed by atoms with Crippen LogP contribution in [0.25, 0.3) is 0 Å². The highest BCUT2D eigenvalue weighted by molar-refractivity contribution is 5.80. The van der Waals surface area contributed by atoms with Crippen LogP contribution in [0.15, 0.2) is 23.2 Å². The predicted molar refractivity (Wildman–Crippen MR) is 107 cm³/mol. The zero-order valence-electron chi connectivity index (χ0n) is 16.8. The maximum Gasteiger partial charge on any atom is 0.191 e. The molecule has 27 heavy (non-hydrogen) atoms. The summed E-state index contributed by atoms with van der Waals surface area (Å²) < 4.78 is 24.4. The van der Waals surface area contributed by atoms with E-state index >= 15 is 0 Å². The zero-order chi connectivity index (χ0) is 19.5. The molecule has 0 atom stereocenters. The first-order chi connectivity index (χ1) is 13.2. The van der Waals surface area contributed by atoms with Gasteiger partial charge < -0.3 is 25.0 Å². The minimum atomic E-state index is -0.342. The van der Waals surface area contributed by atoms with Gasteiger partial charge in [-0.3, -0.25) is 0 Å². The number of nitrogens with one attached hydrogen (secondary N) is 2. The molecule has 152 valence electrons. The first kappa shape index (κ1) is 21.4. The summed E-state index contributed by atoms with van der Waals surface area (Å²) in [7, 11) is 1.74.